The Bertz CT molecular complexity index is 404. The van der Waals surface area contributed by atoms with Crippen molar-refractivity contribution in [1.82, 2.24) is 14.8 Å². The molecule has 0 amide bonds. The Morgan fingerprint density at radius 3 is 2.65 bits per heavy atom. The molecule has 0 unspecified atom stereocenters. The monoisotopic (exact) mass is 255 g/mol. The standard InChI is InChI=1S/C12H21N3OS/c1-12(2)6-4-10(5-7-12)17(16)8-11-13-9-14-15(11)3/h9-10H,4-8H2,1-3H3/t17-/m1/s1. The Hall–Kier alpha value is -0.710. The number of nitrogens with zero attached hydrogens (tertiary/aromatic N) is 3. The molecule has 5 heteroatoms. The molecule has 1 aliphatic rings. The molecular weight excluding hydrogens is 234 g/mol. The van der Waals surface area contributed by atoms with E-state index in [9.17, 15) is 4.21 Å². The highest BCUT2D eigenvalue weighted by Crippen LogP contribution is 2.37. The molecule has 0 bridgehead atoms. The molecule has 0 radical (unpaired) electrons. The van der Waals surface area contributed by atoms with Crippen LogP contribution in [0.25, 0.3) is 0 Å². The van der Waals surface area contributed by atoms with E-state index >= 15 is 0 Å². The summed E-state index contributed by atoms with van der Waals surface area (Å²) in [4.78, 5) is 4.14. The molecule has 4 nitrogen and oxygen atoms in total. The molecule has 1 atom stereocenters. The highest BCUT2D eigenvalue weighted by atomic mass is 32.2. The van der Waals surface area contributed by atoms with Gasteiger partial charge in [0, 0.05) is 23.1 Å². The van der Waals surface area contributed by atoms with Crippen LogP contribution < -0.4 is 0 Å². The van der Waals surface area contributed by atoms with E-state index in [0.29, 0.717) is 16.4 Å². The third-order valence-corrected chi connectivity index (χ3v) is 5.49. The second-order valence-corrected chi connectivity index (χ2v) is 7.41. The molecule has 0 N–H and O–H groups in total. The normalized spacial score (nSPS) is 22.5. The maximum atomic E-state index is 12.3. The van der Waals surface area contributed by atoms with Gasteiger partial charge in [0.25, 0.3) is 0 Å². The van der Waals surface area contributed by atoms with E-state index in [1.54, 1.807) is 4.68 Å². The van der Waals surface area contributed by atoms with Gasteiger partial charge >= 0.3 is 0 Å². The van der Waals surface area contributed by atoms with Crippen molar-refractivity contribution >= 4 is 10.8 Å². The van der Waals surface area contributed by atoms with E-state index in [1.165, 1.54) is 19.2 Å². The molecule has 1 aromatic rings. The van der Waals surface area contributed by atoms with E-state index in [1.807, 2.05) is 7.05 Å². The molecule has 17 heavy (non-hydrogen) atoms. The highest BCUT2D eigenvalue weighted by Gasteiger charge is 2.30. The smallest absolute Gasteiger partial charge is 0.139 e. The molecule has 1 fully saturated rings. The van der Waals surface area contributed by atoms with Crippen molar-refractivity contribution in [2.45, 2.75) is 50.5 Å². The van der Waals surface area contributed by atoms with E-state index in [0.717, 1.165) is 18.7 Å². The quantitative estimate of drug-likeness (QED) is 0.830. The maximum Gasteiger partial charge on any atom is 0.139 e. The molecule has 1 heterocycles. The van der Waals surface area contributed by atoms with Gasteiger partial charge in [-0.15, -0.1) is 0 Å². The molecule has 1 aromatic heterocycles. The molecule has 1 aliphatic carbocycles. The second kappa shape index (κ2) is 4.88. The summed E-state index contributed by atoms with van der Waals surface area (Å²) in [6, 6.07) is 0. The first-order chi connectivity index (χ1) is 7.98. The lowest BCUT2D eigenvalue weighted by molar-refractivity contribution is 0.247. The lowest BCUT2D eigenvalue weighted by atomic mass is 9.77. The van der Waals surface area contributed by atoms with Crippen molar-refractivity contribution < 1.29 is 4.21 Å². The lowest BCUT2D eigenvalue weighted by Crippen LogP contribution is -2.28. The minimum absolute atomic E-state index is 0.347. The first-order valence-corrected chi connectivity index (χ1v) is 7.56. The van der Waals surface area contributed by atoms with E-state index in [-0.39, 0.29) is 0 Å². The first kappa shape index (κ1) is 12.7. The summed E-state index contributed by atoms with van der Waals surface area (Å²) in [5, 5.41) is 4.36. The van der Waals surface area contributed by atoms with E-state index in [4.69, 9.17) is 0 Å². The summed E-state index contributed by atoms with van der Waals surface area (Å²) in [6.07, 6.45) is 6.05. The van der Waals surface area contributed by atoms with Crippen molar-refractivity contribution in [3.63, 3.8) is 0 Å². The summed E-state index contributed by atoms with van der Waals surface area (Å²) in [5.41, 5.74) is 0.436. The summed E-state index contributed by atoms with van der Waals surface area (Å²) in [5.74, 6) is 1.37. The lowest BCUT2D eigenvalue weighted by Gasteiger charge is -2.33. The minimum atomic E-state index is -0.803. The molecule has 1 saturated carbocycles. The van der Waals surface area contributed by atoms with Gasteiger partial charge in [-0.3, -0.25) is 8.89 Å². The summed E-state index contributed by atoms with van der Waals surface area (Å²) in [6.45, 7) is 4.60. The minimum Gasteiger partial charge on any atom is -0.259 e. The van der Waals surface area contributed by atoms with Crippen LogP contribution >= 0.6 is 0 Å². The van der Waals surface area contributed by atoms with Crippen molar-refractivity contribution in [3.8, 4) is 0 Å². The van der Waals surface area contributed by atoms with Gasteiger partial charge in [-0.05, 0) is 31.1 Å². The SMILES string of the molecule is Cn1ncnc1C[S@@](=O)C1CCC(C)(C)CC1. The largest absolute Gasteiger partial charge is 0.259 e. The molecule has 0 saturated heterocycles. The zero-order valence-corrected chi connectivity index (χ0v) is 11.7. The first-order valence-electron chi connectivity index (χ1n) is 6.18. The fraction of sp³-hybridized carbons (Fsp3) is 0.833. The van der Waals surface area contributed by atoms with Gasteiger partial charge in [0.2, 0.25) is 0 Å². The van der Waals surface area contributed by atoms with Crippen LogP contribution in [-0.2, 0) is 23.6 Å². The highest BCUT2D eigenvalue weighted by molar-refractivity contribution is 7.84. The Kier molecular flexibility index (Phi) is 3.66. The fourth-order valence-electron chi connectivity index (χ4n) is 2.33. The third kappa shape index (κ3) is 3.15. The van der Waals surface area contributed by atoms with Crippen molar-refractivity contribution in [1.29, 1.82) is 0 Å². The van der Waals surface area contributed by atoms with Gasteiger partial charge in [-0.1, -0.05) is 13.8 Å². The maximum absolute atomic E-state index is 12.3. The number of rotatable bonds is 3. The van der Waals surface area contributed by atoms with Crippen LogP contribution in [0.1, 0.15) is 45.4 Å². The average Bonchev–Trinajstić information content (AvgIpc) is 2.64. The van der Waals surface area contributed by atoms with Crippen molar-refractivity contribution in [2.24, 2.45) is 12.5 Å². The van der Waals surface area contributed by atoms with E-state index < -0.39 is 10.8 Å². The average molecular weight is 255 g/mol. The van der Waals surface area contributed by atoms with Gasteiger partial charge in [0.1, 0.15) is 12.2 Å². The molecule has 96 valence electrons. The van der Waals surface area contributed by atoms with Crippen LogP contribution in [0.5, 0.6) is 0 Å². The Morgan fingerprint density at radius 1 is 1.47 bits per heavy atom. The molecular formula is C12H21N3OS. The zero-order valence-electron chi connectivity index (χ0n) is 10.8. The van der Waals surface area contributed by atoms with Gasteiger partial charge in [-0.25, -0.2) is 4.98 Å². The van der Waals surface area contributed by atoms with Crippen LogP contribution in [0.15, 0.2) is 6.33 Å². The number of hydrogen-bond acceptors (Lipinski definition) is 3. The predicted molar refractivity (Wildman–Crippen MR) is 68.9 cm³/mol. The van der Waals surface area contributed by atoms with Gasteiger partial charge in [-0.2, -0.15) is 5.10 Å². The van der Waals surface area contributed by atoms with Crippen LogP contribution in [0.2, 0.25) is 0 Å². The third-order valence-electron chi connectivity index (χ3n) is 3.73. The summed E-state index contributed by atoms with van der Waals surface area (Å²) < 4.78 is 14.0. The Labute approximate surface area is 105 Å². The van der Waals surface area contributed by atoms with Crippen LogP contribution in [0, 0.1) is 5.41 Å². The zero-order chi connectivity index (χ0) is 12.5. The fourth-order valence-corrected chi connectivity index (χ4v) is 3.84. The van der Waals surface area contributed by atoms with Crippen LogP contribution in [0.4, 0.5) is 0 Å². The molecule has 0 aliphatic heterocycles. The Balaban J connectivity index is 1.92. The predicted octanol–water partition coefficient (Wildman–Crippen LogP) is 2.03. The summed E-state index contributed by atoms with van der Waals surface area (Å²) in [7, 11) is 1.05. The van der Waals surface area contributed by atoms with Gasteiger partial charge in [0.05, 0.1) is 5.75 Å². The van der Waals surface area contributed by atoms with Crippen LogP contribution in [-0.4, -0.2) is 24.2 Å². The van der Waals surface area contributed by atoms with Crippen LogP contribution in [0.3, 0.4) is 0 Å². The molecule has 0 aromatic carbocycles. The number of aryl methyl sites for hydroxylation is 1. The Morgan fingerprint density at radius 2 is 2.12 bits per heavy atom. The van der Waals surface area contributed by atoms with Crippen molar-refractivity contribution in [2.75, 3.05) is 0 Å². The van der Waals surface area contributed by atoms with Gasteiger partial charge < -0.3 is 0 Å². The van der Waals surface area contributed by atoms with Crippen molar-refractivity contribution in [3.05, 3.63) is 12.2 Å². The summed E-state index contributed by atoms with van der Waals surface area (Å²) >= 11 is 0. The number of hydrogen-bond donors (Lipinski definition) is 0. The topological polar surface area (TPSA) is 47.8 Å². The molecule has 2 rings (SSSR count). The van der Waals surface area contributed by atoms with E-state index in [2.05, 4.69) is 23.9 Å². The van der Waals surface area contributed by atoms with Gasteiger partial charge in [0.15, 0.2) is 0 Å². The molecule has 0 spiro atoms. The second-order valence-electron chi connectivity index (χ2n) is 5.69. The number of aromatic nitrogens is 3.